The number of methoxy groups -OCH3 is 1. The zero-order valence-electron chi connectivity index (χ0n) is 11.8. The number of esters is 1. The second-order valence-electron chi connectivity index (χ2n) is 4.34. The van der Waals surface area contributed by atoms with E-state index in [0.29, 0.717) is 12.1 Å². The lowest BCUT2D eigenvalue weighted by molar-refractivity contribution is -0.122. The Hall–Kier alpha value is -3.21. The summed E-state index contributed by atoms with van der Waals surface area (Å²) in [4.78, 5) is 26.7. The normalized spacial score (nSPS) is 9.82. The molecule has 0 radical (unpaired) electrons. The highest BCUT2D eigenvalue weighted by atomic mass is 16.5. The average Bonchev–Trinajstić information content (AvgIpc) is 3.00. The maximum atomic E-state index is 11.7. The molecule has 2 aromatic rings. The van der Waals surface area contributed by atoms with Crippen LogP contribution in [0, 0.1) is 11.3 Å². The van der Waals surface area contributed by atoms with Crippen LogP contribution in [0.15, 0.2) is 30.6 Å². The van der Waals surface area contributed by atoms with Crippen molar-refractivity contribution in [1.82, 2.24) is 20.1 Å². The summed E-state index contributed by atoms with van der Waals surface area (Å²) < 4.78 is 5.89. The summed E-state index contributed by atoms with van der Waals surface area (Å²) in [5, 5.41) is 15.1. The van der Waals surface area contributed by atoms with Gasteiger partial charge in [0.1, 0.15) is 18.9 Å². The van der Waals surface area contributed by atoms with E-state index in [9.17, 15) is 9.59 Å². The molecule has 0 aliphatic heterocycles. The number of nitriles is 1. The minimum absolute atomic E-state index is 0.0189. The molecule has 1 N–H and O–H groups in total. The van der Waals surface area contributed by atoms with Crippen molar-refractivity contribution in [3.8, 4) is 6.07 Å². The van der Waals surface area contributed by atoms with Gasteiger partial charge in [-0.05, 0) is 17.7 Å². The van der Waals surface area contributed by atoms with Gasteiger partial charge < -0.3 is 10.1 Å². The lowest BCUT2D eigenvalue weighted by atomic mass is 10.1. The molecule has 0 aliphatic rings. The van der Waals surface area contributed by atoms with Crippen molar-refractivity contribution in [1.29, 1.82) is 5.26 Å². The second-order valence-corrected chi connectivity index (χ2v) is 4.34. The number of aromatic nitrogens is 3. The van der Waals surface area contributed by atoms with Gasteiger partial charge in [0.05, 0.1) is 12.7 Å². The van der Waals surface area contributed by atoms with Crippen LogP contribution < -0.4 is 5.32 Å². The zero-order valence-corrected chi connectivity index (χ0v) is 11.8. The molecule has 2 rings (SSSR count). The highest BCUT2D eigenvalue weighted by molar-refractivity contribution is 5.89. The van der Waals surface area contributed by atoms with Crippen LogP contribution >= 0.6 is 0 Å². The summed E-state index contributed by atoms with van der Waals surface area (Å²) in [6.07, 6.45) is 1.32. The molecule has 1 amide bonds. The summed E-state index contributed by atoms with van der Waals surface area (Å²) >= 11 is 0. The first kappa shape index (κ1) is 15.2. The zero-order chi connectivity index (χ0) is 15.9. The molecule has 0 fully saturated rings. The van der Waals surface area contributed by atoms with Gasteiger partial charge in [0.25, 0.3) is 5.82 Å². The molecule has 0 unspecified atom stereocenters. The molecule has 1 aromatic heterocycles. The SMILES string of the molecule is COC(=O)c1ccc(CNC(=O)Cn2cnc(C#N)n2)cc1. The molecular weight excluding hydrogens is 286 g/mol. The van der Waals surface area contributed by atoms with Crippen molar-refractivity contribution in [2.45, 2.75) is 13.1 Å². The molecule has 0 atom stereocenters. The standard InChI is InChI=1S/C14H13N5O3/c1-22-14(21)11-4-2-10(3-5-11)7-16-13(20)8-19-9-17-12(6-15)18-19/h2-5,9H,7-8H2,1H3,(H,16,20). The van der Waals surface area contributed by atoms with Gasteiger partial charge in [-0.2, -0.15) is 5.26 Å². The molecule has 8 heteroatoms. The third kappa shape index (κ3) is 3.89. The van der Waals surface area contributed by atoms with E-state index in [0.717, 1.165) is 5.56 Å². The van der Waals surface area contributed by atoms with E-state index >= 15 is 0 Å². The first-order chi connectivity index (χ1) is 10.6. The molecule has 0 saturated carbocycles. The molecule has 0 saturated heterocycles. The van der Waals surface area contributed by atoms with E-state index < -0.39 is 5.97 Å². The number of nitrogens with zero attached hydrogens (tertiary/aromatic N) is 4. The average molecular weight is 299 g/mol. The number of amides is 1. The van der Waals surface area contributed by atoms with Gasteiger partial charge in [0, 0.05) is 6.54 Å². The van der Waals surface area contributed by atoms with Crippen LogP contribution in [-0.4, -0.2) is 33.8 Å². The summed E-state index contributed by atoms with van der Waals surface area (Å²) in [7, 11) is 1.32. The van der Waals surface area contributed by atoms with Crippen LogP contribution in [0.1, 0.15) is 21.7 Å². The highest BCUT2D eigenvalue weighted by Crippen LogP contribution is 2.05. The topological polar surface area (TPSA) is 110 Å². The summed E-state index contributed by atoms with van der Waals surface area (Å²) in [5.74, 6) is -0.646. The van der Waals surface area contributed by atoms with Gasteiger partial charge in [-0.1, -0.05) is 12.1 Å². The number of benzene rings is 1. The number of rotatable bonds is 5. The molecular formula is C14H13N5O3. The van der Waals surface area contributed by atoms with Crippen molar-refractivity contribution >= 4 is 11.9 Å². The Morgan fingerprint density at radius 1 is 1.36 bits per heavy atom. The van der Waals surface area contributed by atoms with E-state index in [4.69, 9.17) is 5.26 Å². The Morgan fingerprint density at radius 3 is 2.68 bits per heavy atom. The largest absolute Gasteiger partial charge is 0.465 e. The van der Waals surface area contributed by atoms with Gasteiger partial charge in [-0.3, -0.25) is 4.79 Å². The highest BCUT2D eigenvalue weighted by Gasteiger charge is 2.07. The van der Waals surface area contributed by atoms with Gasteiger partial charge >= 0.3 is 5.97 Å². The van der Waals surface area contributed by atoms with Crippen LogP contribution in [0.5, 0.6) is 0 Å². The molecule has 8 nitrogen and oxygen atoms in total. The van der Waals surface area contributed by atoms with Crippen molar-refractivity contribution in [3.63, 3.8) is 0 Å². The number of nitrogens with one attached hydrogen (secondary N) is 1. The van der Waals surface area contributed by atoms with Gasteiger partial charge in [0.2, 0.25) is 5.91 Å². The quantitative estimate of drug-likeness (QED) is 0.793. The van der Waals surface area contributed by atoms with Crippen LogP contribution in [-0.2, 0) is 22.6 Å². The smallest absolute Gasteiger partial charge is 0.337 e. The van der Waals surface area contributed by atoms with Crippen LogP contribution in [0.3, 0.4) is 0 Å². The maximum Gasteiger partial charge on any atom is 0.337 e. The Morgan fingerprint density at radius 2 is 2.09 bits per heavy atom. The lowest BCUT2D eigenvalue weighted by Crippen LogP contribution is -2.27. The maximum absolute atomic E-state index is 11.7. The van der Waals surface area contributed by atoms with Gasteiger partial charge in [-0.15, -0.1) is 5.10 Å². The Bertz CT molecular complexity index is 715. The van der Waals surface area contributed by atoms with Crippen LogP contribution in [0.2, 0.25) is 0 Å². The van der Waals surface area contributed by atoms with E-state index in [-0.39, 0.29) is 18.3 Å². The third-order valence-corrected chi connectivity index (χ3v) is 2.81. The number of hydrogen-bond donors (Lipinski definition) is 1. The van der Waals surface area contributed by atoms with Gasteiger partial charge in [-0.25, -0.2) is 14.5 Å². The van der Waals surface area contributed by atoms with Crippen LogP contribution in [0.4, 0.5) is 0 Å². The van der Waals surface area contributed by atoms with Crippen molar-refractivity contribution in [2.75, 3.05) is 7.11 Å². The Kier molecular flexibility index (Phi) is 4.82. The van der Waals surface area contributed by atoms with E-state index in [2.05, 4.69) is 20.1 Å². The van der Waals surface area contributed by atoms with E-state index in [1.807, 2.05) is 0 Å². The fourth-order valence-electron chi connectivity index (χ4n) is 1.70. The predicted octanol–water partition coefficient (Wildman–Crippen LogP) is 0.253. The fourth-order valence-corrected chi connectivity index (χ4v) is 1.70. The number of carbonyl (C=O) groups excluding carboxylic acids is 2. The molecule has 22 heavy (non-hydrogen) atoms. The second kappa shape index (κ2) is 6.99. The first-order valence-corrected chi connectivity index (χ1v) is 6.36. The number of hydrogen-bond acceptors (Lipinski definition) is 6. The fraction of sp³-hybridized carbons (Fsp3) is 0.214. The summed E-state index contributed by atoms with van der Waals surface area (Å²) in [6, 6.07) is 8.51. The van der Waals surface area contributed by atoms with Crippen molar-refractivity contribution in [3.05, 3.63) is 47.5 Å². The number of carbonyl (C=O) groups is 2. The third-order valence-electron chi connectivity index (χ3n) is 2.81. The van der Waals surface area contributed by atoms with Gasteiger partial charge in [0.15, 0.2) is 0 Å². The molecule has 1 heterocycles. The van der Waals surface area contributed by atoms with E-state index in [1.54, 1.807) is 30.3 Å². The van der Waals surface area contributed by atoms with Crippen molar-refractivity contribution < 1.29 is 14.3 Å². The molecule has 0 spiro atoms. The first-order valence-electron chi connectivity index (χ1n) is 6.36. The Balaban J connectivity index is 1.85. The molecule has 0 aliphatic carbocycles. The summed E-state index contributed by atoms with van der Waals surface area (Å²) in [6.45, 7) is 0.301. The summed E-state index contributed by atoms with van der Waals surface area (Å²) in [5.41, 5.74) is 1.29. The monoisotopic (exact) mass is 299 g/mol. The lowest BCUT2D eigenvalue weighted by Gasteiger charge is -2.06. The van der Waals surface area contributed by atoms with E-state index in [1.165, 1.54) is 18.1 Å². The molecule has 1 aromatic carbocycles. The Labute approximate surface area is 126 Å². The minimum Gasteiger partial charge on any atom is -0.465 e. The molecule has 0 bridgehead atoms. The predicted molar refractivity (Wildman–Crippen MR) is 74.4 cm³/mol. The van der Waals surface area contributed by atoms with Crippen LogP contribution in [0.25, 0.3) is 0 Å². The molecule has 112 valence electrons. The minimum atomic E-state index is -0.407. The van der Waals surface area contributed by atoms with Crippen molar-refractivity contribution in [2.24, 2.45) is 0 Å². The number of ether oxygens (including phenoxy) is 1.